The Morgan fingerprint density at radius 1 is 1.45 bits per heavy atom. The molecule has 2 atom stereocenters. The van der Waals surface area contributed by atoms with Crippen LogP contribution in [0.2, 0.25) is 0 Å². The molecule has 11 heavy (non-hydrogen) atoms. The number of amides is 1. The van der Waals surface area contributed by atoms with Gasteiger partial charge in [0, 0.05) is 19.0 Å². The van der Waals surface area contributed by atoms with Crippen molar-refractivity contribution in [3.05, 3.63) is 0 Å². The van der Waals surface area contributed by atoms with Crippen LogP contribution in [-0.2, 0) is 4.79 Å². The number of hydrogen-bond donors (Lipinski definition) is 1. The summed E-state index contributed by atoms with van der Waals surface area (Å²) in [6.45, 7) is 1.12. The van der Waals surface area contributed by atoms with Gasteiger partial charge in [-0.25, -0.2) is 4.79 Å². The quantitative estimate of drug-likeness (QED) is 0.544. The molecule has 0 radical (unpaired) electrons. The largest absolute Gasteiger partial charge is 0.465 e. The molecule has 4 heteroatoms. The fourth-order valence-electron chi connectivity index (χ4n) is 1.93. The summed E-state index contributed by atoms with van der Waals surface area (Å²) < 4.78 is 0. The first kappa shape index (κ1) is 6.64. The number of carbonyl (C=O) groups is 2. The van der Waals surface area contributed by atoms with E-state index in [-0.39, 0.29) is 5.92 Å². The summed E-state index contributed by atoms with van der Waals surface area (Å²) in [5.41, 5.74) is 0. The monoisotopic (exact) mass is 155 g/mol. The number of nitrogens with zero attached hydrogens (tertiary/aromatic N) is 1. The summed E-state index contributed by atoms with van der Waals surface area (Å²) in [6.07, 6.45) is 0.0935. The van der Waals surface area contributed by atoms with E-state index in [1.54, 1.807) is 0 Å². The van der Waals surface area contributed by atoms with E-state index in [9.17, 15) is 9.59 Å². The predicted octanol–water partition coefficient (Wildman–Crippen LogP) is 0.0411. The van der Waals surface area contributed by atoms with Crippen LogP contribution < -0.4 is 0 Å². The van der Waals surface area contributed by atoms with E-state index in [2.05, 4.69) is 0 Å². The smallest absolute Gasteiger partial charge is 0.407 e. The van der Waals surface area contributed by atoms with Crippen LogP contribution in [0.4, 0.5) is 4.79 Å². The Bertz CT molecular complexity index is 204. The van der Waals surface area contributed by atoms with Crippen LogP contribution in [0, 0.1) is 17.8 Å². The molecule has 60 valence electrons. The van der Waals surface area contributed by atoms with Gasteiger partial charge in [0.25, 0.3) is 0 Å². The second-order valence-corrected chi connectivity index (χ2v) is 3.23. The van der Waals surface area contributed by atoms with Gasteiger partial charge in [0.1, 0.15) is 6.29 Å². The molecular weight excluding hydrogens is 146 g/mol. The lowest BCUT2D eigenvalue weighted by Gasteiger charge is -2.13. The van der Waals surface area contributed by atoms with E-state index in [0.29, 0.717) is 24.9 Å². The van der Waals surface area contributed by atoms with Crippen molar-refractivity contribution in [3.8, 4) is 0 Å². The standard InChI is InChI=1S/C7H9NO3/c9-3-6-4-1-8(7(10)11)2-5(4)6/h3-6H,1-2H2,(H,10,11). The van der Waals surface area contributed by atoms with Gasteiger partial charge in [-0.3, -0.25) is 0 Å². The zero-order valence-electron chi connectivity index (χ0n) is 5.93. The highest BCUT2D eigenvalue weighted by molar-refractivity contribution is 5.68. The third-order valence-corrected chi connectivity index (χ3v) is 2.69. The minimum Gasteiger partial charge on any atom is -0.465 e. The molecule has 1 saturated heterocycles. The van der Waals surface area contributed by atoms with E-state index in [4.69, 9.17) is 5.11 Å². The zero-order chi connectivity index (χ0) is 8.01. The van der Waals surface area contributed by atoms with Gasteiger partial charge in [0.2, 0.25) is 0 Å². The van der Waals surface area contributed by atoms with Gasteiger partial charge < -0.3 is 14.8 Å². The molecule has 1 N–H and O–H groups in total. The first-order valence-electron chi connectivity index (χ1n) is 3.67. The fourth-order valence-corrected chi connectivity index (χ4v) is 1.93. The average molecular weight is 155 g/mol. The Balaban J connectivity index is 1.94. The number of hydrogen-bond acceptors (Lipinski definition) is 2. The number of carboxylic acid groups (broad SMARTS) is 1. The van der Waals surface area contributed by atoms with E-state index in [0.717, 1.165) is 6.29 Å². The number of likely N-dealkylation sites (tertiary alicyclic amines) is 1. The summed E-state index contributed by atoms with van der Waals surface area (Å²) in [5, 5.41) is 8.55. The molecule has 2 unspecified atom stereocenters. The van der Waals surface area contributed by atoms with Crippen molar-refractivity contribution >= 4 is 12.4 Å². The molecule has 2 rings (SSSR count). The maximum absolute atomic E-state index is 10.4. The molecule has 1 amide bonds. The molecule has 4 nitrogen and oxygen atoms in total. The highest BCUT2D eigenvalue weighted by Crippen LogP contribution is 2.50. The molecule has 2 fully saturated rings. The van der Waals surface area contributed by atoms with Gasteiger partial charge in [-0.05, 0) is 11.8 Å². The van der Waals surface area contributed by atoms with Crippen molar-refractivity contribution in [1.29, 1.82) is 0 Å². The Hall–Kier alpha value is -1.06. The Labute approximate surface area is 63.8 Å². The van der Waals surface area contributed by atoms with Gasteiger partial charge in [0.05, 0.1) is 0 Å². The molecule has 0 spiro atoms. The lowest BCUT2D eigenvalue weighted by atomic mass is 10.3. The van der Waals surface area contributed by atoms with E-state index >= 15 is 0 Å². The first-order valence-corrected chi connectivity index (χ1v) is 3.67. The molecule has 1 saturated carbocycles. The van der Waals surface area contributed by atoms with Crippen LogP contribution in [0.1, 0.15) is 0 Å². The molecule has 2 aliphatic rings. The summed E-state index contributed by atoms with van der Waals surface area (Å²) in [4.78, 5) is 22.1. The number of aldehydes is 1. The Morgan fingerprint density at radius 3 is 2.36 bits per heavy atom. The molecule has 0 aromatic heterocycles. The highest BCUT2D eigenvalue weighted by Gasteiger charge is 2.56. The van der Waals surface area contributed by atoms with E-state index < -0.39 is 6.09 Å². The number of fused-ring (bicyclic) bond motifs is 1. The maximum atomic E-state index is 10.4. The number of rotatable bonds is 1. The van der Waals surface area contributed by atoms with Crippen molar-refractivity contribution in [2.45, 2.75) is 0 Å². The summed E-state index contributed by atoms with van der Waals surface area (Å²) in [6, 6.07) is 0. The van der Waals surface area contributed by atoms with Crippen LogP contribution in [0.5, 0.6) is 0 Å². The second-order valence-electron chi connectivity index (χ2n) is 3.23. The molecule has 1 aliphatic carbocycles. The predicted molar refractivity (Wildman–Crippen MR) is 36.1 cm³/mol. The summed E-state index contributed by atoms with van der Waals surface area (Å²) >= 11 is 0. The third kappa shape index (κ3) is 0.818. The lowest BCUT2D eigenvalue weighted by Crippen LogP contribution is -2.29. The first-order chi connectivity index (χ1) is 5.24. The third-order valence-electron chi connectivity index (χ3n) is 2.69. The minimum absolute atomic E-state index is 0.158. The lowest BCUT2D eigenvalue weighted by molar-refractivity contribution is -0.109. The molecule has 0 bridgehead atoms. The molecule has 0 aromatic rings. The fraction of sp³-hybridized carbons (Fsp3) is 0.714. The topological polar surface area (TPSA) is 57.6 Å². The molecule has 1 heterocycles. The van der Waals surface area contributed by atoms with Gasteiger partial charge in [-0.1, -0.05) is 0 Å². The molecular formula is C7H9NO3. The van der Waals surface area contributed by atoms with Crippen LogP contribution >= 0.6 is 0 Å². The Kier molecular flexibility index (Phi) is 1.19. The van der Waals surface area contributed by atoms with Gasteiger partial charge in [-0.15, -0.1) is 0 Å². The zero-order valence-corrected chi connectivity index (χ0v) is 5.93. The Morgan fingerprint density at radius 2 is 2.00 bits per heavy atom. The SMILES string of the molecule is O=CC1C2CN(C(=O)O)CC12. The second kappa shape index (κ2) is 1.96. The van der Waals surface area contributed by atoms with Crippen LogP contribution in [0.25, 0.3) is 0 Å². The maximum Gasteiger partial charge on any atom is 0.407 e. The van der Waals surface area contributed by atoms with E-state index in [1.807, 2.05) is 0 Å². The normalized spacial score (nSPS) is 40.0. The number of piperidine rings is 1. The summed E-state index contributed by atoms with van der Waals surface area (Å²) in [7, 11) is 0. The van der Waals surface area contributed by atoms with Crippen LogP contribution in [0.15, 0.2) is 0 Å². The van der Waals surface area contributed by atoms with Crippen LogP contribution in [0.3, 0.4) is 0 Å². The van der Waals surface area contributed by atoms with Crippen molar-refractivity contribution in [2.24, 2.45) is 17.8 Å². The van der Waals surface area contributed by atoms with Gasteiger partial charge in [-0.2, -0.15) is 0 Å². The molecule has 1 aliphatic heterocycles. The van der Waals surface area contributed by atoms with Gasteiger partial charge >= 0.3 is 6.09 Å². The minimum atomic E-state index is -0.859. The highest BCUT2D eigenvalue weighted by atomic mass is 16.4. The van der Waals surface area contributed by atoms with Crippen LogP contribution in [-0.4, -0.2) is 35.5 Å². The van der Waals surface area contributed by atoms with Crippen molar-refractivity contribution in [1.82, 2.24) is 4.90 Å². The number of carbonyl (C=O) groups excluding carboxylic acids is 1. The van der Waals surface area contributed by atoms with Crippen molar-refractivity contribution < 1.29 is 14.7 Å². The molecule has 0 aromatic carbocycles. The van der Waals surface area contributed by atoms with E-state index in [1.165, 1.54) is 4.90 Å². The van der Waals surface area contributed by atoms with Gasteiger partial charge in [0.15, 0.2) is 0 Å². The van der Waals surface area contributed by atoms with Crippen molar-refractivity contribution in [3.63, 3.8) is 0 Å². The van der Waals surface area contributed by atoms with Crippen molar-refractivity contribution in [2.75, 3.05) is 13.1 Å². The summed E-state index contributed by atoms with van der Waals surface area (Å²) in [5.74, 6) is 0.831. The average Bonchev–Trinajstić information content (AvgIpc) is 2.41.